The molecule has 0 aromatic carbocycles. The maximum absolute atomic E-state index is 9.53. The van der Waals surface area contributed by atoms with E-state index in [0.29, 0.717) is 6.54 Å². The molecule has 0 amide bonds. The zero-order chi connectivity index (χ0) is 7.61. The largest absolute Gasteiger partial charge is 0.389 e. The van der Waals surface area contributed by atoms with Crippen molar-refractivity contribution in [2.45, 2.75) is 25.0 Å². The van der Waals surface area contributed by atoms with Crippen LogP contribution in [0.4, 0.5) is 0 Å². The summed E-state index contributed by atoms with van der Waals surface area (Å²) in [6.07, 6.45) is 0.903. The molecule has 68 valence electrons. The molecule has 1 fully saturated rings. The lowest BCUT2D eigenvalue weighted by atomic mass is 9.95. The molecular formula is C7H16ClNO2. The first-order valence-electron chi connectivity index (χ1n) is 3.60. The lowest BCUT2D eigenvalue weighted by molar-refractivity contribution is -0.0349. The van der Waals surface area contributed by atoms with E-state index in [9.17, 15) is 5.11 Å². The Morgan fingerprint density at radius 3 is 2.64 bits per heavy atom. The van der Waals surface area contributed by atoms with Crippen molar-refractivity contribution in [1.29, 1.82) is 0 Å². The number of β-amino-alcohol motifs (C(OH)–C–C–N with tert-alkyl or cyclic N) is 1. The van der Waals surface area contributed by atoms with Crippen LogP contribution in [0.2, 0.25) is 0 Å². The van der Waals surface area contributed by atoms with Crippen LogP contribution in [0.15, 0.2) is 0 Å². The molecule has 0 aromatic rings. The average Bonchev–Trinajstić information content (AvgIpc) is 1.86. The van der Waals surface area contributed by atoms with Crippen molar-refractivity contribution in [3.05, 3.63) is 0 Å². The second kappa shape index (κ2) is 4.26. The fourth-order valence-electron chi connectivity index (χ4n) is 1.30. The monoisotopic (exact) mass is 181 g/mol. The Labute approximate surface area is 73.5 Å². The van der Waals surface area contributed by atoms with Gasteiger partial charge < -0.3 is 15.2 Å². The Morgan fingerprint density at radius 2 is 2.27 bits per heavy atom. The normalized spacial score (nSPS) is 37.9. The summed E-state index contributed by atoms with van der Waals surface area (Å²) in [5, 5.41) is 12.6. The molecule has 0 radical (unpaired) electrons. The number of aliphatic hydroxyl groups is 1. The van der Waals surface area contributed by atoms with Gasteiger partial charge in [0.05, 0.1) is 11.7 Å². The number of methoxy groups -OCH3 is 1. The smallest absolute Gasteiger partial charge is 0.0768 e. The van der Waals surface area contributed by atoms with Gasteiger partial charge in [-0.3, -0.25) is 0 Å². The van der Waals surface area contributed by atoms with Gasteiger partial charge in [-0.25, -0.2) is 0 Å². The van der Waals surface area contributed by atoms with Gasteiger partial charge in [-0.1, -0.05) is 0 Å². The highest BCUT2D eigenvalue weighted by atomic mass is 35.5. The molecule has 1 aliphatic rings. The van der Waals surface area contributed by atoms with Crippen molar-refractivity contribution in [2.24, 2.45) is 0 Å². The van der Waals surface area contributed by atoms with E-state index in [1.165, 1.54) is 0 Å². The molecule has 1 saturated heterocycles. The molecule has 0 aromatic heterocycles. The molecular weight excluding hydrogens is 166 g/mol. The average molecular weight is 182 g/mol. The summed E-state index contributed by atoms with van der Waals surface area (Å²) in [7, 11) is 1.67. The van der Waals surface area contributed by atoms with Crippen LogP contribution in [0.5, 0.6) is 0 Å². The molecule has 0 unspecified atom stereocenters. The number of rotatable bonds is 1. The first-order chi connectivity index (χ1) is 4.64. The van der Waals surface area contributed by atoms with Gasteiger partial charge in [-0.15, -0.1) is 12.4 Å². The molecule has 0 spiro atoms. The van der Waals surface area contributed by atoms with Crippen LogP contribution in [-0.4, -0.2) is 37.0 Å². The van der Waals surface area contributed by atoms with E-state index in [0.717, 1.165) is 13.0 Å². The van der Waals surface area contributed by atoms with Crippen LogP contribution in [0.25, 0.3) is 0 Å². The minimum Gasteiger partial charge on any atom is -0.389 e. The topological polar surface area (TPSA) is 41.5 Å². The molecule has 2 N–H and O–H groups in total. The summed E-state index contributed by atoms with van der Waals surface area (Å²) in [6.45, 7) is 3.35. The maximum Gasteiger partial charge on any atom is 0.0768 e. The molecule has 0 bridgehead atoms. The van der Waals surface area contributed by atoms with Gasteiger partial charge in [-0.2, -0.15) is 0 Å². The van der Waals surface area contributed by atoms with Gasteiger partial charge in [0, 0.05) is 26.6 Å². The van der Waals surface area contributed by atoms with Crippen LogP contribution in [-0.2, 0) is 4.74 Å². The number of ether oxygens (including phenoxy) is 1. The van der Waals surface area contributed by atoms with E-state index in [2.05, 4.69) is 5.32 Å². The number of nitrogens with one attached hydrogen (secondary N) is 1. The minimum absolute atomic E-state index is 0. The van der Waals surface area contributed by atoms with Gasteiger partial charge in [0.15, 0.2) is 0 Å². The summed E-state index contributed by atoms with van der Waals surface area (Å²) in [4.78, 5) is 0. The molecule has 0 aliphatic carbocycles. The Morgan fingerprint density at radius 1 is 1.64 bits per heavy atom. The Hall–Kier alpha value is 0.170. The minimum atomic E-state index is -0.584. The third kappa shape index (κ3) is 3.38. The van der Waals surface area contributed by atoms with E-state index in [4.69, 9.17) is 4.74 Å². The first kappa shape index (κ1) is 11.2. The Kier molecular flexibility index (Phi) is 4.32. The molecule has 3 nitrogen and oxygen atoms in total. The predicted octanol–water partition coefficient (Wildman–Crippen LogP) is 0.168. The van der Waals surface area contributed by atoms with Crippen molar-refractivity contribution in [3.8, 4) is 0 Å². The van der Waals surface area contributed by atoms with Gasteiger partial charge >= 0.3 is 0 Å². The predicted molar refractivity (Wildman–Crippen MR) is 46.2 cm³/mol. The van der Waals surface area contributed by atoms with Crippen molar-refractivity contribution < 1.29 is 9.84 Å². The molecule has 4 heteroatoms. The number of hydrogen-bond donors (Lipinski definition) is 2. The molecule has 1 aliphatic heterocycles. The quantitative estimate of drug-likeness (QED) is 0.606. The summed E-state index contributed by atoms with van der Waals surface area (Å²) in [6, 6.07) is 0. The van der Waals surface area contributed by atoms with Crippen LogP contribution < -0.4 is 5.32 Å². The summed E-state index contributed by atoms with van der Waals surface area (Å²) in [5.74, 6) is 0. The van der Waals surface area contributed by atoms with E-state index in [1.807, 2.05) is 6.92 Å². The second-order valence-electron chi connectivity index (χ2n) is 3.19. The standard InChI is InChI=1S/C7H15NO2.ClH/c1-7(9)3-6(10-2)4-8-5-7;/h6,8-9H,3-5H2,1-2H3;1H/t6-,7+;/m1./s1. The van der Waals surface area contributed by atoms with E-state index in [1.54, 1.807) is 7.11 Å². The van der Waals surface area contributed by atoms with E-state index >= 15 is 0 Å². The van der Waals surface area contributed by atoms with E-state index < -0.39 is 5.60 Å². The van der Waals surface area contributed by atoms with Crippen LogP contribution in [0.1, 0.15) is 13.3 Å². The van der Waals surface area contributed by atoms with E-state index in [-0.39, 0.29) is 18.5 Å². The molecule has 0 saturated carbocycles. The Bertz CT molecular complexity index is 119. The lowest BCUT2D eigenvalue weighted by Gasteiger charge is -2.33. The first-order valence-corrected chi connectivity index (χ1v) is 3.60. The fourth-order valence-corrected chi connectivity index (χ4v) is 1.30. The Balaban J connectivity index is 0.000001000. The molecule has 11 heavy (non-hydrogen) atoms. The van der Waals surface area contributed by atoms with Crippen molar-refractivity contribution in [2.75, 3.05) is 20.2 Å². The third-order valence-corrected chi connectivity index (χ3v) is 1.88. The van der Waals surface area contributed by atoms with Crippen molar-refractivity contribution in [3.63, 3.8) is 0 Å². The van der Waals surface area contributed by atoms with Gasteiger partial charge in [0.25, 0.3) is 0 Å². The van der Waals surface area contributed by atoms with Crippen molar-refractivity contribution in [1.82, 2.24) is 5.32 Å². The third-order valence-electron chi connectivity index (χ3n) is 1.88. The summed E-state index contributed by atoms with van der Waals surface area (Å²) >= 11 is 0. The highest BCUT2D eigenvalue weighted by molar-refractivity contribution is 5.85. The molecule has 2 atom stereocenters. The summed E-state index contributed by atoms with van der Waals surface area (Å²) < 4.78 is 5.10. The zero-order valence-corrected chi connectivity index (χ0v) is 7.78. The van der Waals surface area contributed by atoms with Crippen molar-refractivity contribution >= 4 is 12.4 Å². The van der Waals surface area contributed by atoms with Crippen LogP contribution in [0, 0.1) is 0 Å². The lowest BCUT2D eigenvalue weighted by Crippen LogP contribution is -2.50. The van der Waals surface area contributed by atoms with Gasteiger partial charge in [-0.05, 0) is 6.92 Å². The van der Waals surface area contributed by atoms with Gasteiger partial charge in [0.2, 0.25) is 0 Å². The van der Waals surface area contributed by atoms with Gasteiger partial charge in [0.1, 0.15) is 0 Å². The number of piperidine rings is 1. The SMILES string of the molecule is CO[C@H]1CNC[C@@](C)(O)C1.Cl. The van der Waals surface area contributed by atoms with Crippen LogP contribution in [0.3, 0.4) is 0 Å². The van der Waals surface area contributed by atoms with Crippen LogP contribution >= 0.6 is 12.4 Å². The maximum atomic E-state index is 9.53. The fraction of sp³-hybridized carbons (Fsp3) is 1.00. The number of hydrogen-bond acceptors (Lipinski definition) is 3. The second-order valence-corrected chi connectivity index (χ2v) is 3.19. The zero-order valence-electron chi connectivity index (χ0n) is 6.96. The number of halogens is 1. The summed E-state index contributed by atoms with van der Waals surface area (Å²) in [5.41, 5.74) is -0.584. The highest BCUT2D eigenvalue weighted by Gasteiger charge is 2.29. The molecule has 1 heterocycles. The molecule has 1 rings (SSSR count). The highest BCUT2D eigenvalue weighted by Crippen LogP contribution is 2.16.